The van der Waals surface area contributed by atoms with Gasteiger partial charge in [-0.25, -0.2) is 0 Å². The predicted molar refractivity (Wildman–Crippen MR) is 63.0 cm³/mol. The molecule has 2 N–H and O–H groups in total. The summed E-state index contributed by atoms with van der Waals surface area (Å²) in [5.41, 5.74) is -0.590. The number of hydrogen-bond donors (Lipinski definition) is 2. The number of aromatic nitrogens is 2. The number of nitrogens with zero attached hydrogens (tertiary/aromatic N) is 1. The second-order valence-electron chi connectivity index (χ2n) is 4.62. The fourth-order valence-corrected chi connectivity index (χ4v) is 2.40. The van der Waals surface area contributed by atoms with E-state index in [1.165, 1.54) is 6.42 Å². The summed E-state index contributed by atoms with van der Waals surface area (Å²) < 4.78 is 5.57. The molecular weight excluding hydrogens is 220 g/mol. The fraction of sp³-hybridized carbons (Fsp3) is 0.667. The molecule has 94 valence electrons. The summed E-state index contributed by atoms with van der Waals surface area (Å²) >= 11 is 0. The molecule has 5 heteroatoms. The van der Waals surface area contributed by atoms with Gasteiger partial charge in [-0.15, -0.1) is 0 Å². The molecule has 0 aromatic carbocycles. The molecule has 1 heterocycles. The lowest BCUT2D eigenvalue weighted by atomic mass is 9.84. The Morgan fingerprint density at radius 3 is 2.53 bits per heavy atom. The van der Waals surface area contributed by atoms with Crippen molar-refractivity contribution in [2.75, 3.05) is 7.11 Å². The van der Waals surface area contributed by atoms with Crippen LogP contribution in [-0.4, -0.2) is 22.2 Å². The normalized spacial score (nSPS) is 19.2. The molecule has 0 radical (unpaired) electrons. The topological polar surface area (TPSA) is 75.2 Å². The number of methoxy groups -OCH3 is 1. The lowest BCUT2D eigenvalue weighted by Crippen LogP contribution is -2.35. The zero-order valence-corrected chi connectivity index (χ0v) is 10.2. The summed E-state index contributed by atoms with van der Waals surface area (Å²) in [7, 11) is 1.63. The third-order valence-electron chi connectivity index (χ3n) is 3.61. The molecular formula is C12H18N2O3. The number of nitrogens with one attached hydrogen (secondary N) is 1. The van der Waals surface area contributed by atoms with Crippen molar-refractivity contribution in [1.29, 1.82) is 0 Å². The largest absolute Gasteiger partial charge is 0.493 e. The number of hydrogen-bond acceptors (Lipinski definition) is 4. The van der Waals surface area contributed by atoms with Gasteiger partial charge in [-0.2, -0.15) is 4.98 Å². The van der Waals surface area contributed by atoms with Gasteiger partial charge in [-0.3, -0.25) is 4.79 Å². The maximum absolute atomic E-state index is 11.7. The molecule has 0 amide bonds. The first kappa shape index (κ1) is 12.1. The zero-order valence-electron chi connectivity index (χ0n) is 10.2. The van der Waals surface area contributed by atoms with E-state index in [1.807, 2.05) is 0 Å². The van der Waals surface area contributed by atoms with E-state index in [-0.39, 0.29) is 17.0 Å². The Hall–Kier alpha value is -1.36. The van der Waals surface area contributed by atoms with Gasteiger partial charge < -0.3 is 14.8 Å². The molecule has 2 rings (SSSR count). The van der Waals surface area contributed by atoms with E-state index in [0.29, 0.717) is 5.82 Å². The van der Waals surface area contributed by atoms with Crippen molar-refractivity contribution < 1.29 is 9.84 Å². The average Bonchev–Trinajstić information content (AvgIpc) is 2.36. The Morgan fingerprint density at radius 1 is 1.35 bits per heavy atom. The van der Waals surface area contributed by atoms with Gasteiger partial charge in [-0.05, 0) is 19.8 Å². The smallest absolute Gasteiger partial charge is 0.257 e. The van der Waals surface area contributed by atoms with Crippen molar-refractivity contribution in [2.45, 2.75) is 44.6 Å². The van der Waals surface area contributed by atoms with Crippen LogP contribution in [-0.2, 0) is 10.3 Å². The minimum Gasteiger partial charge on any atom is -0.493 e. The minimum absolute atomic E-state index is 0.203. The maximum Gasteiger partial charge on any atom is 0.257 e. The van der Waals surface area contributed by atoms with Gasteiger partial charge in [-0.1, -0.05) is 19.3 Å². The summed E-state index contributed by atoms with van der Waals surface area (Å²) in [6.07, 6.45) is 4.93. The van der Waals surface area contributed by atoms with Crippen LogP contribution in [0, 0.1) is 6.92 Å². The summed E-state index contributed by atoms with van der Waals surface area (Å²) in [4.78, 5) is 18.5. The molecule has 17 heavy (non-hydrogen) atoms. The fourth-order valence-electron chi connectivity index (χ4n) is 2.40. The highest BCUT2D eigenvalue weighted by Gasteiger charge is 2.36. The first-order chi connectivity index (χ1) is 8.09. The van der Waals surface area contributed by atoms with Crippen LogP contribution >= 0.6 is 0 Å². The van der Waals surface area contributed by atoms with Gasteiger partial charge in [0, 0.05) is 7.11 Å². The first-order valence-electron chi connectivity index (χ1n) is 5.94. The molecule has 1 saturated carbocycles. The van der Waals surface area contributed by atoms with E-state index >= 15 is 0 Å². The number of aromatic hydroxyl groups is 1. The summed E-state index contributed by atoms with van der Waals surface area (Å²) in [6.45, 7) is 1.55. The Morgan fingerprint density at radius 2 is 2.00 bits per heavy atom. The highest BCUT2D eigenvalue weighted by atomic mass is 16.5. The monoisotopic (exact) mass is 238 g/mol. The second-order valence-corrected chi connectivity index (χ2v) is 4.62. The van der Waals surface area contributed by atoms with E-state index in [1.54, 1.807) is 14.0 Å². The second kappa shape index (κ2) is 4.49. The molecule has 1 aromatic heterocycles. The molecule has 0 aliphatic heterocycles. The van der Waals surface area contributed by atoms with Crippen LogP contribution < -0.4 is 5.56 Å². The third-order valence-corrected chi connectivity index (χ3v) is 3.61. The molecule has 5 nitrogen and oxygen atoms in total. The highest BCUT2D eigenvalue weighted by Crippen LogP contribution is 2.38. The zero-order chi connectivity index (χ0) is 12.5. The summed E-state index contributed by atoms with van der Waals surface area (Å²) in [6, 6.07) is 0. The first-order valence-corrected chi connectivity index (χ1v) is 5.94. The molecule has 0 spiro atoms. The lowest BCUT2D eigenvalue weighted by Gasteiger charge is -2.34. The highest BCUT2D eigenvalue weighted by molar-refractivity contribution is 5.22. The number of rotatable bonds is 2. The van der Waals surface area contributed by atoms with Gasteiger partial charge in [0.15, 0.2) is 0 Å². The van der Waals surface area contributed by atoms with E-state index in [4.69, 9.17) is 4.74 Å². The number of aromatic amines is 1. The van der Waals surface area contributed by atoms with Crippen LogP contribution in [0.4, 0.5) is 0 Å². The van der Waals surface area contributed by atoms with E-state index in [0.717, 1.165) is 25.7 Å². The Balaban J connectivity index is 2.47. The van der Waals surface area contributed by atoms with Crippen molar-refractivity contribution in [1.82, 2.24) is 9.97 Å². The predicted octanol–water partition coefficient (Wildman–Crippen LogP) is 1.59. The number of H-pyrrole nitrogens is 1. The molecule has 1 aromatic rings. The van der Waals surface area contributed by atoms with Crippen molar-refractivity contribution >= 4 is 0 Å². The number of ether oxygens (including phenoxy) is 1. The van der Waals surface area contributed by atoms with Gasteiger partial charge >= 0.3 is 0 Å². The van der Waals surface area contributed by atoms with Crippen LogP contribution in [0.5, 0.6) is 5.88 Å². The standard InChI is InChI=1S/C12H18N2O3/c1-8-9(15)13-11(14-10(8)16)12(17-2)6-4-3-5-7-12/h3-7H2,1-2H3,(H2,13,14,15,16). The van der Waals surface area contributed by atoms with Crippen LogP contribution in [0.15, 0.2) is 4.79 Å². The van der Waals surface area contributed by atoms with Crippen LogP contribution in [0.2, 0.25) is 0 Å². The molecule has 1 fully saturated rings. The molecule has 0 atom stereocenters. The van der Waals surface area contributed by atoms with Gasteiger partial charge in [0.25, 0.3) is 5.56 Å². The van der Waals surface area contributed by atoms with Crippen LogP contribution in [0.3, 0.4) is 0 Å². The average molecular weight is 238 g/mol. The summed E-state index contributed by atoms with van der Waals surface area (Å²) in [5, 5.41) is 9.63. The van der Waals surface area contributed by atoms with Crippen molar-refractivity contribution in [2.24, 2.45) is 0 Å². The molecule has 1 aliphatic carbocycles. The van der Waals surface area contributed by atoms with Crippen molar-refractivity contribution in [3.8, 4) is 5.88 Å². The SMILES string of the molecule is COC1(c2nc(O)c(C)c(=O)[nH]2)CCCCC1. The quantitative estimate of drug-likeness (QED) is 0.820. The van der Waals surface area contributed by atoms with E-state index in [9.17, 15) is 9.90 Å². The molecule has 0 bridgehead atoms. The Kier molecular flexibility index (Phi) is 3.19. The van der Waals surface area contributed by atoms with Gasteiger partial charge in [0.05, 0.1) is 5.56 Å². The molecule has 0 unspecified atom stereocenters. The Bertz CT molecular complexity index is 461. The van der Waals surface area contributed by atoms with Gasteiger partial charge in [0.1, 0.15) is 11.4 Å². The maximum atomic E-state index is 11.7. The van der Waals surface area contributed by atoms with Crippen LogP contribution in [0.1, 0.15) is 43.5 Å². The van der Waals surface area contributed by atoms with Gasteiger partial charge in [0.2, 0.25) is 5.88 Å². The lowest BCUT2D eigenvalue weighted by molar-refractivity contribution is -0.0520. The molecule has 1 aliphatic rings. The summed E-state index contributed by atoms with van der Waals surface area (Å²) in [5.74, 6) is 0.249. The van der Waals surface area contributed by atoms with E-state index in [2.05, 4.69) is 9.97 Å². The minimum atomic E-state index is -0.539. The van der Waals surface area contributed by atoms with Crippen LogP contribution in [0.25, 0.3) is 0 Å². The van der Waals surface area contributed by atoms with Crippen molar-refractivity contribution in [3.05, 3.63) is 21.7 Å². The Labute approximate surface area is 99.9 Å². The molecule has 0 saturated heterocycles. The van der Waals surface area contributed by atoms with E-state index < -0.39 is 5.60 Å². The van der Waals surface area contributed by atoms with Crippen molar-refractivity contribution in [3.63, 3.8) is 0 Å². The third kappa shape index (κ3) is 2.07.